The van der Waals surface area contributed by atoms with E-state index in [-0.39, 0.29) is 12.6 Å². The Balaban J connectivity index is 1.78. The van der Waals surface area contributed by atoms with Gasteiger partial charge in [0.25, 0.3) is 0 Å². The maximum Gasteiger partial charge on any atom is 0.220 e. The molecule has 8 heteroatoms. The van der Waals surface area contributed by atoms with Gasteiger partial charge in [-0.3, -0.25) is 4.90 Å². The average Bonchev–Trinajstić information content (AvgIpc) is 2.97. The Morgan fingerprint density at radius 3 is 2.72 bits per heavy atom. The molecule has 0 amide bonds. The Hall–Kier alpha value is -2.61. The molecule has 1 aliphatic carbocycles. The molecule has 1 fully saturated rings. The van der Waals surface area contributed by atoms with Gasteiger partial charge in [-0.05, 0) is 43.9 Å². The second-order valence-electron chi connectivity index (χ2n) is 6.65. The molecule has 0 bridgehead atoms. The first kappa shape index (κ1) is 15.9. The van der Waals surface area contributed by atoms with Crippen LogP contribution in [0, 0.1) is 0 Å². The van der Waals surface area contributed by atoms with Gasteiger partial charge in [-0.15, -0.1) is 0 Å². The molecular formula is C17H23N7O. The quantitative estimate of drug-likeness (QED) is 0.773. The van der Waals surface area contributed by atoms with Crippen LogP contribution in [0.25, 0.3) is 11.0 Å². The maximum absolute atomic E-state index is 9.17. The van der Waals surface area contributed by atoms with Crippen LogP contribution in [0.4, 0.5) is 5.69 Å². The molecule has 0 atom stereocenters. The van der Waals surface area contributed by atoms with E-state index in [1.54, 1.807) is 6.33 Å². The van der Waals surface area contributed by atoms with E-state index < -0.39 is 5.66 Å². The summed E-state index contributed by atoms with van der Waals surface area (Å²) in [7, 11) is 0. The second kappa shape index (κ2) is 6.03. The molecule has 1 aromatic heterocycles. The minimum absolute atomic E-state index is 0.0794. The van der Waals surface area contributed by atoms with Crippen molar-refractivity contribution in [2.45, 2.75) is 44.3 Å². The third kappa shape index (κ3) is 2.62. The molecule has 1 spiro atoms. The molecule has 2 aliphatic rings. The number of aromatic nitrogens is 2. The van der Waals surface area contributed by atoms with Gasteiger partial charge < -0.3 is 21.1 Å². The van der Waals surface area contributed by atoms with Crippen molar-refractivity contribution in [3.05, 3.63) is 24.5 Å². The number of hydrogen-bond acceptors (Lipinski definition) is 7. The maximum atomic E-state index is 9.17. The smallest absolute Gasteiger partial charge is 0.220 e. The van der Waals surface area contributed by atoms with Crippen LogP contribution >= 0.6 is 0 Å². The van der Waals surface area contributed by atoms with Gasteiger partial charge in [-0.2, -0.15) is 4.99 Å². The van der Waals surface area contributed by atoms with Gasteiger partial charge in [0, 0.05) is 12.2 Å². The zero-order chi connectivity index (χ0) is 17.4. The van der Waals surface area contributed by atoms with E-state index in [0.717, 1.165) is 42.4 Å². The van der Waals surface area contributed by atoms with E-state index in [1.165, 1.54) is 6.42 Å². The number of rotatable bonds is 3. The summed E-state index contributed by atoms with van der Waals surface area (Å²) in [6, 6.07) is 6.01. The number of hydrogen-bond donors (Lipinski definition) is 3. The zero-order valence-corrected chi connectivity index (χ0v) is 14.1. The Labute approximate surface area is 145 Å². The normalized spacial score (nSPS) is 20.0. The van der Waals surface area contributed by atoms with Gasteiger partial charge in [0.2, 0.25) is 11.9 Å². The molecule has 0 unspecified atom stereocenters. The van der Waals surface area contributed by atoms with E-state index in [4.69, 9.17) is 21.6 Å². The number of aliphatic hydroxyl groups excluding tert-OH is 1. The van der Waals surface area contributed by atoms with Crippen molar-refractivity contribution < 1.29 is 5.11 Å². The zero-order valence-electron chi connectivity index (χ0n) is 14.1. The first-order valence-corrected chi connectivity index (χ1v) is 8.68. The molecule has 4 rings (SSSR count). The molecule has 0 radical (unpaired) electrons. The van der Waals surface area contributed by atoms with Crippen LogP contribution in [-0.2, 0) is 6.54 Å². The fourth-order valence-electron chi connectivity index (χ4n) is 3.97. The summed E-state index contributed by atoms with van der Waals surface area (Å²) in [5.74, 6) is 0.632. The molecule has 1 aliphatic heterocycles. The van der Waals surface area contributed by atoms with Gasteiger partial charge in [0.05, 0.1) is 24.0 Å². The Kier molecular flexibility index (Phi) is 3.84. The third-order valence-corrected chi connectivity index (χ3v) is 5.06. The number of aliphatic hydroxyl groups is 1. The summed E-state index contributed by atoms with van der Waals surface area (Å²) in [6.07, 6.45) is 6.93. The minimum atomic E-state index is -0.449. The first-order valence-electron chi connectivity index (χ1n) is 8.68. The highest BCUT2D eigenvalue weighted by atomic mass is 16.3. The number of benzene rings is 1. The lowest BCUT2D eigenvalue weighted by atomic mass is 9.87. The Morgan fingerprint density at radius 2 is 1.96 bits per heavy atom. The monoisotopic (exact) mass is 341 g/mol. The van der Waals surface area contributed by atoms with Gasteiger partial charge >= 0.3 is 0 Å². The van der Waals surface area contributed by atoms with Crippen molar-refractivity contribution in [1.29, 1.82) is 0 Å². The van der Waals surface area contributed by atoms with Crippen molar-refractivity contribution in [2.24, 2.45) is 21.5 Å². The highest BCUT2D eigenvalue weighted by molar-refractivity contribution is 6.06. The second-order valence-corrected chi connectivity index (χ2v) is 6.65. The van der Waals surface area contributed by atoms with Crippen LogP contribution in [-0.4, -0.2) is 38.8 Å². The summed E-state index contributed by atoms with van der Waals surface area (Å²) in [6.45, 7) is 0.601. The highest BCUT2D eigenvalue weighted by Crippen LogP contribution is 2.39. The minimum Gasteiger partial charge on any atom is -0.395 e. The van der Waals surface area contributed by atoms with E-state index in [2.05, 4.69) is 9.98 Å². The number of guanidine groups is 2. The number of nitrogens with zero attached hydrogens (tertiary/aromatic N) is 5. The average molecular weight is 341 g/mol. The highest BCUT2D eigenvalue weighted by Gasteiger charge is 2.42. The molecule has 1 aromatic carbocycles. The summed E-state index contributed by atoms with van der Waals surface area (Å²) < 4.78 is 1.93. The fraction of sp³-hybridized carbons (Fsp3) is 0.471. The summed E-state index contributed by atoms with van der Waals surface area (Å²) in [5.41, 5.74) is 14.5. The van der Waals surface area contributed by atoms with Crippen molar-refractivity contribution in [3.63, 3.8) is 0 Å². The molecule has 5 N–H and O–H groups in total. The van der Waals surface area contributed by atoms with Crippen LogP contribution in [0.3, 0.4) is 0 Å². The van der Waals surface area contributed by atoms with Crippen molar-refractivity contribution in [2.75, 3.05) is 11.5 Å². The Morgan fingerprint density at radius 1 is 1.16 bits per heavy atom. The predicted molar refractivity (Wildman–Crippen MR) is 98.4 cm³/mol. The van der Waals surface area contributed by atoms with Crippen molar-refractivity contribution in [3.8, 4) is 0 Å². The van der Waals surface area contributed by atoms with Crippen molar-refractivity contribution >= 4 is 28.6 Å². The first-order chi connectivity index (χ1) is 12.1. The van der Waals surface area contributed by atoms with Gasteiger partial charge in [0.1, 0.15) is 5.66 Å². The lowest BCUT2D eigenvalue weighted by molar-refractivity contribution is 0.278. The molecular weight excluding hydrogens is 318 g/mol. The number of nitrogens with two attached hydrogens (primary N) is 2. The van der Waals surface area contributed by atoms with Crippen LogP contribution in [0.5, 0.6) is 0 Å². The lowest BCUT2D eigenvalue weighted by Gasteiger charge is -2.45. The molecule has 2 heterocycles. The molecule has 0 saturated heterocycles. The molecule has 8 nitrogen and oxygen atoms in total. The van der Waals surface area contributed by atoms with Crippen LogP contribution < -0.4 is 16.4 Å². The predicted octanol–water partition coefficient (Wildman–Crippen LogP) is 1.14. The van der Waals surface area contributed by atoms with Crippen LogP contribution in [0.15, 0.2) is 34.5 Å². The number of fused-ring (bicyclic) bond motifs is 1. The third-order valence-electron chi connectivity index (χ3n) is 5.06. The summed E-state index contributed by atoms with van der Waals surface area (Å²) >= 11 is 0. The SMILES string of the molecule is NC1=NC2(CCCCC2)N(c2ccc3c(c2)ncn3CCO)C(N)=N1. The van der Waals surface area contributed by atoms with Gasteiger partial charge in [-0.1, -0.05) is 6.42 Å². The van der Waals surface area contributed by atoms with Gasteiger partial charge in [-0.25, -0.2) is 9.98 Å². The van der Waals surface area contributed by atoms with E-state index in [9.17, 15) is 0 Å². The molecule has 1 saturated carbocycles. The van der Waals surface area contributed by atoms with E-state index in [1.807, 2.05) is 27.7 Å². The topological polar surface area (TPSA) is 118 Å². The number of aliphatic imine (C=N–C) groups is 2. The molecule has 25 heavy (non-hydrogen) atoms. The van der Waals surface area contributed by atoms with E-state index >= 15 is 0 Å². The fourth-order valence-corrected chi connectivity index (χ4v) is 3.97. The van der Waals surface area contributed by atoms with E-state index in [0.29, 0.717) is 12.5 Å². The summed E-state index contributed by atoms with van der Waals surface area (Å²) in [4.78, 5) is 15.3. The number of imidazole rings is 1. The summed E-state index contributed by atoms with van der Waals surface area (Å²) in [5, 5.41) is 9.17. The Bertz CT molecular complexity index is 848. The van der Waals surface area contributed by atoms with Crippen LogP contribution in [0.2, 0.25) is 0 Å². The van der Waals surface area contributed by atoms with Gasteiger partial charge in [0.15, 0.2) is 0 Å². The molecule has 132 valence electrons. The number of anilines is 1. The molecule has 2 aromatic rings. The van der Waals surface area contributed by atoms with Crippen molar-refractivity contribution in [1.82, 2.24) is 9.55 Å². The van der Waals surface area contributed by atoms with Crippen LogP contribution in [0.1, 0.15) is 32.1 Å². The lowest BCUT2D eigenvalue weighted by Crippen LogP contribution is -2.58. The largest absolute Gasteiger partial charge is 0.395 e. The standard InChI is InChI=1S/C17H23N7O/c18-15-21-16(19)24(17(22-15)6-2-1-3-7-17)12-4-5-14-13(10-12)20-11-23(14)8-9-25/h4-5,10-11,25H,1-3,6-9H2,(H4,18,19,21,22).